The molecule has 3 heterocycles. The SMILES string of the molecule is COc1cc(C(=O)N2CCN(C)CC2)ccc1-c1ccc2nccc(Nc3ccc4scnc4c3)c2c1. The van der Waals surface area contributed by atoms with Crippen molar-refractivity contribution in [2.45, 2.75) is 0 Å². The van der Waals surface area contributed by atoms with Gasteiger partial charge in [-0.1, -0.05) is 6.07 Å². The minimum absolute atomic E-state index is 0.0456. The number of benzene rings is 3. The Hall–Kier alpha value is -4.01. The molecule has 0 atom stereocenters. The van der Waals surface area contributed by atoms with Crippen molar-refractivity contribution in [3.8, 4) is 16.9 Å². The number of nitrogens with zero attached hydrogens (tertiary/aromatic N) is 4. The topological polar surface area (TPSA) is 70.6 Å². The summed E-state index contributed by atoms with van der Waals surface area (Å²) in [6, 6.07) is 20.1. The number of nitrogens with one attached hydrogen (secondary N) is 1. The molecular weight excluding hydrogens is 482 g/mol. The number of pyridine rings is 1. The van der Waals surface area contributed by atoms with Crippen molar-refractivity contribution in [1.29, 1.82) is 0 Å². The third-order valence-corrected chi connectivity index (χ3v) is 7.71. The molecule has 1 amide bonds. The fourth-order valence-corrected chi connectivity index (χ4v) is 5.43. The molecule has 0 saturated carbocycles. The van der Waals surface area contributed by atoms with E-state index in [2.05, 4.69) is 51.5 Å². The van der Waals surface area contributed by atoms with Crippen molar-refractivity contribution < 1.29 is 9.53 Å². The first-order chi connectivity index (χ1) is 18.1. The Morgan fingerprint density at radius 2 is 1.81 bits per heavy atom. The maximum absolute atomic E-state index is 13.1. The molecule has 8 heteroatoms. The van der Waals surface area contributed by atoms with Gasteiger partial charge in [-0.05, 0) is 67.2 Å². The van der Waals surface area contributed by atoms with Crippen LogP contribution in [0.5, 0.6) is 5.75 Å². The fraction of sp³-hybridized carbons (Fsp3) is 0.207. The number of hydrogen-bond donors (Lipinski definition) is 1. The Bertz CT molecular complexity index is 1610. The lowest BCUT2D eigenvalue weighted by atomic mass is 9.99. The van der Waals surface area contributed by atoms with E-state index in [1.807, 2.05) is 53.0 Å². The van der Waals surface area contributed by atoms with Crippen molar-refractivity contribution in [1.82, 2.24) is 19.8 Å². The number of amides is 1. The number of carbonyl (C=O) groups is 1. The van der Waals surface area contributed by atoms with Gasteiger partial charge < -0.3 is 19.9 Å². The van der Waals surface area contributed by atoms with E-state index in [1.54, 1.807) is 18.4 Å². The van der Waals surface area contributed by atoms with Gasteiger partial charge in [-0.3, -0.25) is 9.78 Å². The van der Waals surface area contributed by atoms with Crippen molar-refractivity contribution in [2.75, 3.05) is 45.7 Å². The molecule has 1 aliphatic heterocycles. The van der Waals surface area contributed by atoms with E-state index in [0.717, 1.165) is 69.8 Å². The van der Waals surface area contributed by atoms with E-state index < -0.39 is 0 Å². The number of hydrogen-bond acceptors (Lipinski definition) is 7. The first kappa shape index (κ1) is 23.4. The molecule has 0 aliphatic carbocycles. The summed E-state index contributed by atoms with van der Waals surface area (Å²) in [5.74, 6) is 0.718. The molecule has 37 heavy (non-hydrogen) atoms. The average Bonchev–Trinajstić information content (AvgIpc) is 3.41. The normalized spacial score (nSPS) is 14.3. The molecule has 0 bridgehead atoms. The Balaban J connectivity index is 1.33. The lowest BCUT2D eigenvalue weighted by Gasteiger charge is -2.32. The molecule has 6 rings (SSSR count). The van der Waals surface area contributed by atoms with Gasteiger partial charge in [0.25, 0.3) is 5.91 Å². The summed E-state index contributed by atoms with van der Waals surface area (Å²) < 4.78 is 6.91. The average molecular weight is 510 g/mol. The Labute approximate surface area is 219 Å². The number of thiazole rings is 1. The number of rotatable bonds is 5. The molecule has 1 saturated heterocycles. The number of likely N-dealkylation sites (N-methyl/N-ethyl adjacent to an activating group) is 1. The summed E-state index contributed by atoms with van der Waals surface area (Å²) in [6.45, 7) is 3.25. The Morgan fingerprint density at radius 1 is 0.946 bits per heavy atom. The van der Waals surface area contributed by atoms with Gasteiger partial charge in [0.15, 0.2) is 0 Å². The highest BCUT2D eigenvalue weighted by molar-refractivity contribution is 7.16. The highest BCUT2D eigenvalue weighted by atomic mass is 32.1. The summed E-state index contributed by atoms with van der Waals surface area (Å²) in [4.78, 5) is 26.3. The van der Waals surface area contributed by atoms with Crippen LogP contribution in [0.1, 0.15) is 10.4 Å². The van der Waals surface area contributed by atoms with Crippen molar-refractivity contribution in [3.05, 3.63) is 77.9 Å². The van der Waals surface area contributed by atoms with Crippen LogP contribution in [0.15, 0.2) is 72.4 Å². The van der Waals surface area contributed by atoms with E-state index in [4.69, 9.17) is 4.74 Å². The van der Waals surface area contributed by atoms with Gasteiger partial charge in [-0.25, -0.2) is 4.98 Å². The van der Waals surface area contributed by atoms with E-state index in [-0.39, 0.29) is 5.91 Å². The first-order valence-electron chi connectivity index (χ1n) is 12.2. The predicted octanol–water partition coefficient (Wildman–Crippen LogP) is 5.65. The first-order valence-corrected chi connectivity index (χ1v) is 13.1. The van der Waals surface area contributed by atoms with E-state index in [0.29, 0.717) is 11.3 Å². The zero-order chi connectivity index (χ0) is 25.4. The zero-order valence-electron chi connectivity index (χ0n) is 20.8. The van der Waals surface area contributed by atoms with E-state index in [1.165, 1.54) is 0 Å². The van der Waals surface area contributed by atoms with Crippen LogP contribution in [0.2, 0.25) is 0 Å². The van der Waals surface area contributed by atoms with Gasteiger partial charge in [-0.15, -0.1) is 11.3 Å². The standard InChI is InChI=1S/C29H27N5O2S/c1-33-11-13-34(14-12-33)29(35)20-3-6-22(27(16-20)36-2)19-4-7-24-23(15-19)25(9-10-30-24)32-21-5-8-28-26(17-21)31-18-37-28/h3-10,15-18H,11-14H2,1-2H3,(H,30,32). The van der Waals surface area contributed by atoms with Crippen LogP contribution in [0, 0.1) is 0 Å². The van der Waals surface area contributed by atoms with Gasteiger partial charge in [0.2, 0.25) is 0 Å². The zero-order valence-corrected chi connectivity index (χ0v) is 21.6. The highest BCUT2D eigenvalue weighted by Crippen LogP contribution is 2.35. The molecule has 7 nitrogen and oxygen atoms in total. The maximum Gasteiger partial charge on any atom is 0.254 e. The van der Waals surface area contributed by atoms with Crippen molar-refractivity contribution in [3.63, 3.8) is 0 Å². The second-order valence-corrected chi connectivity index (χ2v) is 10.1. The number of piperazine rings is 1. The minimum Gasteiger partial charge on any atom is -0.496 e. The number of methoxy groups -OCH3 is 1. The summed E-state index contributed by atoms with van der Waals surface area (Å²) in [5.41, 5.74) is 8.23. The molecule has 0 unspecified atom stereocenters. The third-order valence-electron chi connectivity index (χ3n) is 6.90. The molecule has 1 N–H and O–H groups in total. The monoisotopic (exact) mass is 509 g/mol. The van der Waals surface area contributed by atoms with Crippen molar-refractivity contribution >= 4 is 49.7 Å². The lowest BCUT2D eigenvalue weighted by Crippen LogP contribution is -2.47. The fourth-order valence-electron chi connectivity index (χ4n) is 4.77. The summed E-state index contributed by atoms with van der Waals surface area (Å²) in [7, 11) is 3.73. The summed E-state index contributed by atoms with van der Waals surface area (Å²) in [5, 5.41) is 4.54. The van der Waals surface area contributed by atoms with Gasteiger partial charge in [-0.2, -0.15) is 0 Å². The third kappa shape index (κ3) is 4.61. The minimum atomic E-state index is 0.0456. The largest absolute Gasteiger partial charge is 0.496 e. The van der Waals surface area contributed by atoms with Gasteiger partial charge in [0.05, 0.1) is 28.4 Å². The molecule has 2 aromatic heterocycles. The second kappa shape index (κ2) is 9.80. The van der Waals surface area contributed by atoms with Gasteiger partial charge in [0, 0.05) is 60.3 Å². The quantitative estimate of drug-likeness (QED) is 0.330. The second-order valence-electron chi connectivity index (χ2n) is 9.26. The van der Waals surface area contributed by atoms with E-state index >= 15 is 0 Å². The molecule has 1 fully saturated rings. The van der Waals surface area contributed by atoms with Crippen molar-refractivity contribution in [2.24, 2.45) is 0 Å². The number of carbonyl (C=O) groups excluding carboxylic acids is 1. The number of anilines is 2. The highest BCUT2D eigenvalue weighted by Gasteiger charge is 2.21. The van der Waals surface area contributed by atoms with Crippen LogP contribution >= 0.6 is 11.3 Å². The molecule has 5 aromatic rings. The van der Waals surface area contributed by atoms with Crippen LogP contribution in [-0.4, -0.2) is 66.0 Å². The van der Waals surface area contributed by atoms with Crippen LogP contribution < -0.4 is 10.1 Å². The van der Waals surface area contributed by atoms with Crippen LogP contribution in [0.25, 0.3) is 32.2 Å². The van der Waals surface area contributed by atoms with Crippen LogP contribution in [0.4, 0.5) is 11.4 Å². The Morgan fingerprint density at radius 3 is 2.65 bits per heavy atom. The van der Waals surface area contributed by atoms with Crippen LogP contribution in [-0.2, 0) is 0 Å². The molecule has 0 spiro atoms. The summed E-state index contributed by atoms with van der Waals surface area (Å²) in [6.07, 6.45) is 1.81. The van der Waals surface area contributed by atoms with Gasteiger partial charge in [0.1, 0.15) is 5.75 Å². The Kier molecular flexibility index (Phi) is 6.20. The maximum atomic E-state index is 13.1. The summed E-state index contributed by atoms with van der Waals surface area (Å²) >= 11 is 1.63. The van der Waals surface area contributed by atoms with Gasteiger partial charge >= 0.3 is 0 Å². The van der Waals surface area contributed by atoms with E-state index in [9.17, 15) is 4.79 Å². The lowest BCUT2D eigenvalue weighted by molar-refractivity contribution is 0.0664. The molecule has 3 aromatic carbocycles. The number of aromatic nitrogens is 2. The number of ether oxygens (including phenoxy) is 1. The van der Waals surface area contributed by atoms with Crippen LogP contribution in [0.3, 0.4) is 0 Å². The molecule has 186 valence electrons. The smallest absolute Gasteiger partial charge is 0.254 e. The molecular formula is C29H27N5O2S. The molecule has 1 aliphatic rings. The predicted molar refractivity (Wildman–Crippen MR) is 150 cm³/mol. The molecule has 0 radical (unpaired) electrons. The number of fused-ring (bicyclic) bond motifs is 2.